The van der Waals surface area contributed by atoms with Gasteiger partial charge in [0.15, 0.2) is 5.75 Å². The summed E-state index contributed by atoms with van der Waals surface area (Å²) < 4.78 is 5.92. The molecule has 1 saturated heterocycles. The molecule has 2 rings (SSSR count). The maximum Gasteiger partial charge on any atom is 0.160 e. The monoisotopic (exact) mass is 297 g/mol. The molecule has 1 unspecified atom stereocenters. The first-order chi connectivity index (χ1) is 9.61. The van der Waals surface area contributed by atoms with Crippen molar-refractivity contribution in [1.82, 2.24) is 14.9 Å². The second-order valence-corrected chi connectivity index (χ2v) is 6.04. The Morgan fingerprint density at radius 2 is 2.25 bits per heavy atom. The van der Waals surface area contributed by atoms with E-state index in [0.717, 1.165) is 23.8 Å². The average molecular weight is 298 g/mol. The number of hydrogen-bond donors (Lipinski definition) is 0. The molecule has 20 heavy (non-hydrogen) atoms. The molecule has 1 aliphatic heterocycles. The van der Waals surface area contributed by atoms with Gasteiger partial charge in [0.2, 0.25) is 0 Å². The van der Waals surface area contributed by atoms with Crippen molar-refractivity contribution in [2.75, 3.05) is 20.2 Å². The molecule has 0 radical (unpaired) electrons. The van der Waals surface area contributed by atoms with Crippen LogP contribution >= 0.6 is 11.6 Å². The molecule has 0 aromatic carbocycles. The van der Waals surface area contributed by atoms with Crippen molar-refractivity contribution in [1.29, 1.82) is 0 Å². The fourth-order valence-corrected chi connectivity index (χ4v) is 2.65. The predicted molar refractivity (Wildman–Crippen MR) is 81.4 cm³/mol. The number of aromatic nitrogens is 2. The summed E-state index contributed by atoms with van der Waals surface area (Å²) in [5.41, 5.74) is 0.795. The maximum absolute atomic E-state index is 5.98. The number of likely N-dealkylation sites (tertiary alicyclic amines) is 1. The van der Waals surface area contributed by atoms with Crippen molar-refractivity contribution in [2.24, 2.45) is 0 Å². The molecule has 5 heteroatoms. The summed E-state index contributed by atoms with van der Waals surface area (Å²) >= 11 is 5.98. The van der Waals surface area contributed by atoms with E-state index in [1.165, 1.54) is 19.3 Å². The molecule has 0 N–H and O–H groups in total. The SMILES string of the molecule is CC(C)c1ncc(OCC2CCCCN2C)c(CCl)n1. The lowest BCUT2D eigenvalue weighted by atomic mass is 10.0. The Morgan fingerprint density at radius 1 is 1.45 bits per heavy atom. The molecule has 0 saturated carbocycles. The minimum Gasteiger partial charge on any atom is -0.488 e. The Hall–Kier alpha value is -0.870. The summed E-state index contributed by atoms with van der Waals surface area (Å²) in [5, 5.41) is 0. The third-order valence-electron chi connectivity index (χ3n) is 3.84. The van der Waals surface area contributed by atoms with Gasteiger partial charge in [0, 0.05) is 12.0 Å². The zero-order valence-electron chi connectivity index (χ0n) is 12.6. The summed E-state index contributed by atoms with van der Waals surface area (Å²) in [4.78, 5) is 11.2. The molecule has 1 aliphatic rings. The largest absolute Gasteiger partial charge is 0.488 e. The van der Waals surface area contributed by atoms with Crippen molar-refractivity contribution < 1.29 is 4.74 Å². The van der Waals surface area contributed by atoms with E-state index in [9.17, 15) is 0 Å². The topological polar surface area (TPSA) is 38.2 Å². The van der Waals surface area contributed by atoms with E-state index in [2.05, 4.69) is 35.8 Å². The standard InChI is InChI=1S/C15H24ClN3O/c1-11(2)15-17-9-14(13(8-16)18-15)20-10-12-6-4-5-7-19(12)3/h9,11-12H,4-8,10H2,1-3H3. The van der Waals surface area contributed by atoms with E-state index >= 15 is 0 Å². The maximum atomic E-state index is 5.98. The molecule has 0 spiro atoms. The van der Waals surface area contributed by atoms with Gasteiger partial charge in [0.05, 0.1) is 12.1 Å². The second kappa shape index (κ2) is 7.23. The number of halogens is 1. The normalized spacial score (nSPS) is 20.4. The second-order valence-electron chi connectivity index (χ2n) is 5.77. The fraction of sp³-hybridized carbons (Fsp3) is 0.733. The molecule has 2 heterocycles. The van der Waals surface area contributed by atoms with Crippen LogP contribution in [-0.4, -0.2) is 41.1 Å². The number of hydrogen-bond acceptors (Lipinski definition) is 4. The molecule has 1 aromatic rings. The van der Waals surface area contributed by atoms with Crippen molar-refractivity contribution in [3.8, 4) is 5.75 Å². The number of rotatable bonds is 5. The minimum absolute atomic E-state index is 0.301. The summed E-state index contributed by atoms with van der Waals surface area (Å²) in [7, 11) is 2.16. The van der Waals surface area contributed by atoms with Crippen molar-refractivity contribution in [3.63, 3.8) is 0 Å². The summed E-state index contributed by atoms with van der Waals surface area (Å²) in [6.07, 6.45) is 5.52. The Labute approximate surface area is 126 Å². The number of alkyl halides is 1. The molecular formula is C15H24ClN3O. The third kappa shape index (κ3) is 3.83. The van der Waals surface area contributed by atoms with E-state index < -0.39 is 0 Å². The average Bonchev–Trinajstić information content (AvgIpc) is 2.46. The van der Waals surface area contributed by atoms with Crippen LogP contribution in [0.3, 0.4) is 0 Å². The van der Waals surface area contributed by atoms with Gasteiger partial charge < -0.3 is 9.64 Å². The van der Waals surface area contributed by atoms with E-state index in [-0.39, 0.29) is 0 Å². The Morgan fingerprint density at radius 3 is 2.90 bits per heavy atom. The quantitative estimate of drug-likeness (QED) is 0.782. The van der Waals surface area contributed by atoms with Crippen LogP contribution in [0, 0.1) is 0 Å². The predicted octanol–water partition coefficient (Wildman–Crippen LogP) is 3.20. The van der Waals surface area contributed by atoms with Crippen LogP contribution in [0.5, 0.6) is 5.75 Å². The zero-order chi connectivity index (χ0) is 14.5. The van der Waals surface area contributed by atoms with E-state index in [4.69, 9.17) is 16.3 Å². The Kier molecular flexibility index (Phi) is 5.61. The lowest BCUT2D eigenvalue weighted by Gasteiger charge is -2.32. The van der Waals surface area contributed by atoms with Crippen LogP contribution in [0.15, 0.2) is 6.20 Å². The first kappa shape index (κ1) is 15.5. The van der Waals surface area contributed by atoms with Gasteiger partial charge in [-0.1, -0.05) is 20.3 Å². The van der Waals surface area contributed by atoms with Crippen LogP contribution in [0.2, 0.25) is 0 Å². The van der Waals surface area contributed by atoms with Crippen LogP contribution in [0.1, 0.15) is 50.5 Å². The van der Waals surface area contributed by atoms with Gasteiger partial charge in [-0.25, -0.2) is 9.97 Å². The molecule has 0 amide bonds. The highest BCUT2D eigenvalue weighted by molar-refractivity contribution is 6.17. The van der Waals surface area contributed by atoms with Crippen molar-refractivity contribution in [2.45, 2.75) is 50.9 Å². The first-order valence-electron chi connectivity index (χ1n) is 7.36. The van der Waals surface area contributed by atoms with Gasteiger partial charge in [-0.3, -0.25) is 0 Å². The van der Waals surface area contributed by atoms with Gasteiger partial charge in [-0.15, -0.1) is 11.6 Å². The number of likely N-dealkylation sites (N-methyl/N-ethyl adjacent to an activating group) is 1. The first-order valence-corrected chi connectivity index (χ1v) is 7.90. The van der Waals surface area contributed by atoms with Crippen LogP contribution in [0.4, 0.5) is 0 Å². The molecule has 0 bridgehead atoms. The van der Waals surface area contributed by atoms with Crippen LogP contribution < -0.4 is 4.74 Å². The molecule has 1 aromatic heterocycles. The van der Waals surface area contributed by atoms with E-state index in [1.807, 2.05) is 0 Å². The van der Waals surface area contributed by atoms with E-state index in [0.29, 0.717) is 24.4 Å². The van der Waals surface area contributed by atoms with Gasteiger partial charge in [-0.2, -0.15) is 0 Å². The summed E-state index contributed by atoms with van der Waals surface area (Å²) in [5.74, 6) is 2.21. The highest BCUT2D eigenvalue weighted by Crippen LogP contribution is 2.22. The van der Waals surface area contributed by atoms with Crippen molar-refractivity contribution in [3.05, 3.63) is 17.7 Å². The third-order valence-corrected chi connectivity index (χ3v) is 4.10. The molecule has 0 aliphatic carbocycles. The Bertz CT molecular complexity index is 439. The van der Waals surface area contributed by atoms with Gasteiger partial charge in [0.1, 0.15) is 18.1 Å². The smallest absolute Gasteiger partial charge is 0.160 e. The van der Waals surface area contributed by atoms with Gasteiger partial charge in [0.25, 0.3) is 0 Å². The number of piperidine rings is 1. The molecule has 1 atom stereocenters. The highest BCUT2D eigenvalue weighted by Gasteiger charge is 2.20. The Balaban J connectivity index is 2.01. The van der Waals surface area contributed by atoms with Crippen LogP contribution in [0.25, 0.3) is 0 Å². The lowest BCUT2D eigenvalue weighted by Crippen LogP contribution is -2.40. The summed E-state index contributed by atoms with van der Waals surface area (Å²) in [6.45, 7) is 5.99. The van der Waals surface area contributed by atoms with Gasteiger partial charge in [-0.05, 0) is 26.4 Å². The fourth-order valence-electron chi connectivity index (χ4n) is 2.46. The minimum atomic E-state index is 0.301. The number of nitrogens with zero attached hydrogens (tertiary/aromatic N) is 3. The van der Waals surface area contributed by atoms with E-state index in [1.54, 1.807) is 6.20 Å². The number of ether oxygens (including phenoxy) is 1. The molecule has 112 valence electrons. The summed E-state index contributed by atoms with van der Waals surface area (Å²) in [6, 6.07) is 0.483. The van der Waals surface area contributed by atoms with Gasteiger partial charge >= 0.3 is 0 Å². The van der Waals surface area contributed by atoms with Crippen molar-refractivity contribution >= 4 is 11.6 Å². The zero-order valence-corrected chi connectivity index (χ0v) is 13.4. The molecular weight excluding hydrogens is 274 g/mol. The lowest BCUT2D eigenvalue weighted by molar-refractivity contribution is 0.124. The molecule has 4 nitrogen and oxygen atoms in total. The van der Waals surface area contributed by atoms with Crippen LogP contribution in [-0.2, 0) is 5.88 Å². The highest BCUT2D eigenvalue weighted by atomic mass is 35.5. The molecule has 1 fully saturated rings.